The van der Waals surface area contributed by atoms with Crippen molar-refractivity contribution in [3.63, 3.8) is 0 Å². The molecule has 0 radical (unpaired) electrons. The van der Waals surface area contributed by atoms with Crippen molar-refractivity contribution in [2.24, 2.45) is 0 Å². The molecule has 80 valence electrons. The predicted octanol–water partition coefficient (Wildman–Crippen LogP) is -0.138. The molecule has 0 aliphatic rings. The van der Waals surface area contributed by atoms with E-state index in [0.717, 1.165) is 25.4 Å². The molecule has 0 unspecified atom stereocenters. The van der Waals surface area contributed by atoms with Crippen molar-refractivity contribution >= 4 is 9.28 Å². The van der Waals surface area contributed by atoms with Crippen LogP contribution >= 0.6 is 0 Å². The molecule has 0 aromatic rings. The molecule has 0 fully saturated rings. The minimum atomic E-state index is -1.33. The number of unbranched alkanes of at least 4 members (excludes halogenated alkanes) is 1. The first-order valence-electron chi connectivity index (χ1n) is 4.72. The predicted molar refractivity (Wildman–Crippen MR) is 55.2 cm³/mol. The second-order valence-electron chi connectivity index (χ2n) is 2.87. The molecule has 4 nitrogen and oxygen atoms in total. The largest absolute Gasteiger partial charge is 0.400 e. The molecule has 0 amide bonds. The first-order chi connectivity index (χ1) is 6.35. The summed E-state index contributed by atoms with van der Waals surface area (Å²) in [5.74, 6) is 0. The molecular formula is C8H21NO3Si. The molecule has 0 spiro atoms. The summed E-state index contributed by atoms with van der Waals surface area (Å²) in [4.78, 5) is 0. The van der Waals surface area contributed by atoms with Crippen LogP contribution in [0.15, 0.2) is 0 Å². The van der Waals surface area contributed by atoms with Crippen molar-refractivity contribution in [3.8, 4) is 0 Å². The molecule has 2 N–H and O–H groups in total. The first-order valence-corrected chi connectivity index (χ1v) is 6.48. The van der Waals surface area contributed by atoms with Crippen molar-refractivity contribution in [2.45, 2.75) is 18.9 Å². The number of aliphatic hydroxyl groups is 1. The molecular weight excluding hydrogens is 186 g/mol. The smallest absolute Gasteiger partial charge is 0.320 e. The van der Waals surface area contributed by atoms with Crippen molar-refractivity contribution in [2.75, 3.05) is 33.9 Å². The van der Waals surface area contributed by atoms with Crippen molar-refractivity contribution in [1.82, 2.24) is 5.32 Å². The fraction of sp³-hybridized carbons (Fsp3) is 1.00. The number of rotatable bonds is 9. The average molecular weight is 207 g/mol. The molecule has 0 heterocycles. The Balaban J connectivity index is 3.05. The third-order valence-electron chi connectivity index (χ3n) is 1.86. The summed E-state index contributed by atoms with van der Waals surface area (Å²) in [6.45, 7) is 1.87. The highest BCUT2D eigenvalue weighted by Gasteiger charge is 2.07. The van der Waals surface area contributed by atoms with Gasteiger partial charge in [-0.05, 0) is 19.0 Å². The molecule has 0 atom stereocenters. The van der Waals surface area contributed by atoms with Gasteiger partial charge in [-0.3, -0.25) is 0 Å². The van der Waals surface area contributed by atoms with Crippen LogP contribution in [0.4, 0.5) is 0 Å². The van der Waals surface area contributed by atoms with Gasteiger partial charge in [0, 0.05) is 20.8 Å². The van der Waals surface area contributed by atoms with E-state index in [1.54, 1.807) is 14.2 Å². The molecule has 0 aliphatic heterocycles. The van der Waals surface area contributed by atoms with Gasteiger partial charge in [0.2, 0.25) is 0 Å². The summed E-state index contributed by atoms with van der Waals surface area (Å²) in [5.41, 5.74) is 0. The van der Waals surface area contributed by atoms with Crippen molar-refractivity contribution in [3.05, 3.63) is 0 Å². The lowest BCUT2D eigenvalue weighted by atomic mass is 10.3. The monoisotopic (exact) mass is 207 g/mol. The standard InChI is InChI=1S/C8H21NO3Si/c1-11-13(12-2)8-4-3-5-9-6-7-10/h9-10,13H,3-8H2,1-2H3. The Bertz CT molecular complexity index is 101. The van der Waals surface area contributed by atoms with Crippen LogP contribution in [0.1, 0.15) is 12.8 Å². The van der Waals surface area contributed by atoms with E-state index in [2.05, 4.69) is 5.32 Å². The maximum Gasteiger partial charge on any atom is 0.320 e. The van der Waals surface area contributed by atoms with E-state index < -0.39 is 9.28 Å². The van der Waals surface area contributed by atoms with E-state index in [1.807, 2.05) is 0 Å². The molecule has 0 aromatic heterocycles. The quantitative estimate of drug-likeness (QED) is 0.408. The summed E-state index contributed by atoms with van der Waals surface area (Å²) < 4.78 is 10.4. The molecule has 0 aromatic carbocycles. The molecule has 0 aliphatic carbocycles. The lowest BCUT2D eigenvalue weighted by molar-refractivity contribution is 0.275. The summed E-state index contributed by atoms with van der Waals surface area (Å²) in [6.07, 6.45) is 2.26. The Kier molecular flexibility index (Phi) is 10.2. The summed E-state index contributed by atoms with van der Waals surface area (Å²) in [7, 11) is 2.10. The second-order valence-corrected chi connectivity index (χ2v) is 5.25. The average Bonchev–Trinajstić information content (AvgIpc) is 2.17. The van der Waals surface area contributed by atoms with Crippen LogP contribution in [0.25, 0.3) is 0 Å². The van der Waals surface area contributed by atoms with Gasteiger partial charge in [-0.2, -0.15) is 0 Å². The van der Waals surface area contributed by atoms with Gasteiger partial charge in [0.25, 0.3) is 0 Å². The van der Waals surface area contributed by atoms with E-state index in [4.69, 9.17) is 14.0 Å². The first kappa shape index (κ1) is 13.1. The molecule has 13 heavy (non-hydrogen) atoms. The van der Waals surface area contributed by atoms with Gasteiger partial charge < -0.3 is 19.3 Å². The van der Waals surface area contributed by atoms with Gasteiger partial charge in [0.05, 0.1) is 6.61 Å². The van der Waals surface area contributed by atoms with Crippen LogP contribution in [-0.2, 0) is 8.85 Å². The van der Waals surface area contributed by atoms with Crippen LogP contribution in [0.2, 0.25) is 6.04 Å². The Morgan fingerprint density at radius 2 is 1.85 bits per heavy atom. The zero-order valence-electron chi connectivity index (χ0n) is 8.58. The van der Waals surface area contributed by atoms with Crippen LogP contribution in [0, 0.1) is 0 Å². The second kappa shape index (κ2) is 10.1. The van der Waals surface area contributed by atoms with E-state index in [-0.39, 0.29) is 6.61 Å². The lowest BCUT2D eigenvalue weighted by Crippen LogP contribution is -2.21. The molecule has 0 saturated carbocycles. The molecule has 0 bridgehead atoms. The topological polar surface area (TPSA) is 50.7 Å². The zero-order chi connectivity index (χ0) is 9.94. The number of hydrogen-bond donors (Lipinski definition) is 2. The van der Waals surface area contributed by atoms with E-state index in [0.29, 0.717) is 6.54 Å². The van der Waals surface area contributed by atoms with Gasteiger partial charge in [-0.25, -0.2) is 0 Å². The highest BCUT2D eigenvalue weighted by molar-refractivity contribution is 6.44. The fourth-order valence-electron chi connectivity index (χ4n) is 1.10. The van der Waals surface area contributed by atoms with Gasteiger partial charge >= 0.3 is 9.28 Å². The SMILES string of the molecule is CO[SiH](CCCCNCCO)OC. The molecule has 0 saturated heterocycles. The van der Waals surface area contributed by atoms with Gasteiger partial charge in [0.15, 0.2) is 0 Å². The van der Waals surface area contributed by atoms with Gasteiger partial charge in [-0.15, -0.1) is 0 Å². The van der Waals surface area contributed by atoms with Gasteiger partial charge in [0.1, 0.15) is 0 Å². The van der Waals surface area contributed by atoms with Crippen LogP contribution in [-0.4, -0.2) is 48.3 Å². The highest BCUT2D eigenvalue weighted by atomic mass is 28.3. The number of aliphatic hydroxyl groups excluding tert-OH is 1. The van der Waals surface area contributed by atoms with E-state index >= 15 is 0 Å². The Morgan fingerprint density at radius 3 is 2.38 bits per heavy atom. The summed E-state index contributed by atoms with van der Waals surface area (Å²) in [5, 5.41) is 11.6. The maximum absolute atomic E-state index is 8.49. The Morgan fingerprint density at radius 1 is 1.15 bits per heavy atom. The maximum atomic E-state index is 8.49. The Hall–Kier alpha value is 0.0569. The van der Waals surface area contributed by atoms with Crippen LogP contribution in [0.3, 0.4) is 0 Å². The number of hydrogen-bond acceptors (Lipinski definition) is 4. The third-order valence-corrected chi connectivity index (χ3v) is 3.79. The minimum absolute atomic E-state index is 0.216. The minimum Gasteiger partial charge on any atom is -0.400 e. The summed E-state index contributed by atoms with van der Waals surface area (Å²) >= 11 is 0. The van der Waals surface area contributed by atoms with Crippen molar-refractivity contribution in [1.29, 1.82) is 0 Å². The van der Waals surface area contributed by atoms with E-state index in [9.17, 15) is 0 Å². The Labute approximate surface area is 82.1 Å². The normalized spacial score (nSPS) is 11.1. The number of nitrogens with one attached hydrogen (secondary N) is 1. The molecule has 5 heteroatoms. The fourth-order valence-corrected chi connectivity index (χ4v) is 2.38. The van der Waals surface area contributed by atoms with Gasteiger partial charge in [-0.1, -0.05) is 6.42 Å². The summed E-state index contributed by atoms with van der Waals surface area (Å²) in [6, 6.07) is 1.06. The molecule has 0 rings (SSSR count). The van der Waals surface area contributed by atoms with E-state index in [1.165, 1.54) is 0 Å². The van der Waals surface area contributed by atoms with Crippen molar-refractivity contribution < 1.29 is 14.0 Å². The van der Waals surface area contributed by atoms with Crippen LogP contribution < -0.4 is 5.32 Å². The zero-order valence-corrected chi connectivity index (χ0v) is 9.74. The lowest BCUT2D eigenvalue weighted by Gasteiger charge is -2.10. The highest BCUT2D eigenvalue weighted by Crippen LogP contribution is 2.01. The third kappa shape index (κ3) is 8.39. The van der Waals surface area contributed by atoms with Crippen LogP contribution in [0.5, 0.6) is 0 Å².